The van der Waals surface area contributed by atoms with Crippen LogP contribution in [0.2, 0.25) is 0 Å². The summed E-state index contributed by atoms with van der Waals surface area (Å²) in [6.45, 7) is -0.312. The Labute approximate surface area is 169 Å². The van der Waals surface area contributed by atoms with E-state index in [4.69, 9.17) is 10.5 Å². The molecule has 1 saturated heterocycles. The molecule has 158 valence electrons. The highest BCUT2D eigenvalue weighted by molar-refractivity contribution is 6.00. The van der Waals surface area contributed by atoms with Crippen LogP contribution >= 0.6 is 0 Å². The number of carbonyl (C=O) groups is 3. The second-order valence-corrected chi connectivity index (χ2v) is 6.68. The van der Waals surface area contributed by atoms with Crippen molar-refractivity contribution in [1.29, 1.82) is 0 Å². The first-order valence-electron chi connectivity index (χ1n) is 8.94. The number of nitrogens with zero attached hydrogens (tertiary/aromatic N) is 1. The van der Waals surface area contributed by atoms with E-state index in [9.17, 15) is 27.6 Å². The highest BCUT2D eigenvalue weighted by atomic mass is 19.4. The maximum Gasteiger partial charge on any atom is 0.418 e. The van der Waals surface area contributed by atoms with E-state index in [-0.39, 0.29) is 30.3 Å². The molecule has 3 amide bonds. The average molecular weight is 421 g/mol. The predicted molar refractivity (Wildman–Crippen MR) is 102 cm³/mol. The number of hydrogen-bond donors (Lipinski definition) is 2. The zero-order chi connectivity index (χ0) is 21.9. The Hall–Kier alpha value is -3.56. The summed E-state index contributed by atoms with van der Waals surface area (Å²) in [4.78, 5) is 36.7. The van der Waals surface area contributed by atoms with Crippen LogP contribution in [0.5, 0.6) is 5.75 Å². The quantitative estimate of drug-likeness (QED) is 0.749. The molecule has 1 atom stereocenters. The van der Waals surface area contributed by atoms with Crippen LogP contribution in [0.1, 0.15) is 12.0 Å². The van der Waals surface area contributed by atoms with E-state index in [2.05, 4.69) is 5.32 Å². The largest absolute Gasteiger partial charge is 0.484 e. The first kappa shape index (κ1) is 21.2. The molecule has 0 spiro atoms. The third-order valence-corrected chi connectivity index (χ3v) is 4.55. The van der Waals surface area contributed by atoms with Crippen molar-refractivity contribution in [2.45, 2.75) is 12.6 Å². The molecule has 30 heavy (non-hydrogen) atoms. The van der Waals surface area contributed by atoms with Crippen LogP contribution < -0.4 is 20.7 Å². The number of amides is 3. The highest BCUT2D eigenvalue weighted by Crippen LogP contribution is 2.34. The minimum absolute atomic E-state index is 0.0488. The van der Waals surface area contributed by atoms with E-state index in [0.29, 0.717) is 5.69 Å². The molecule has 3 rings (SSSR count). The molecule has 0 saturated carbocycles. The predicted octanol–water partition coefficient (Wildman–Crippen LogP) is 2.56. The number of hydrogen-bond acceptors (Lipinski definition) is 4. The summed E-state index contributed by atoms with van der Waals surface area (Å²) >= 11 is 0. The van der Waals surface area contributed by atoms with E-state index in [1.54, 1.807) is 12.1 Å². The highest BCUT2D eigenvalue weighted by Gasteiger charge is 2.34. The summed E-state index contributed by atoms with van der Waals surface area (Å²) in [6, 6.07) is 10.8. The third kappa shape index (κ3) is 4.88. The van der Waals surface area contributed by atoms with Gasteiger partial charge in [0.05, 0.1) is 17.2 Å². The van der Waals surface area contributed by atoms with Crippen molar-refractivity contribution in [1.82, 2.24) is 0 Å². The standard InChI is InChI=1S/C20H18F3N3O4/c21-20(22,23)15-3-1-2-4-16(15)25-17(27)11-30-14-7-5-13(6-8-14)26-10-12(19(24)29)9-18(26)28/h1-8,12H,9-11H2,(H2,24,29)(H,25,27)/t12-/m0/s1. The van der Waals surface area contributed by atoms with Crippen molar-refractivity contribution in [3.63, 3.8) is 0 Å². The fourth-order valence-electron chi connectivity index (χ4n) is 3.04. The van der Waals surface area contributed by atoms with Gasteiger partial charge in [-0.1, -0.05) is 12.1 Å². The number of carbonyl (C=O) groups excluding carboxylic acids is 3. The molecule has 2 aromatic carbocycles. The van der Waals surface area contributed by atoms with Crippen LogP contribution in [0.4, 0.5) is 24.5 Å². The fourth-order valence-corrected chi connectivity index (χ4v) is 3.04. The van der Waals surface area contributed by atoms with E-state index >= 15 is 0 Å². The molecule has 3 N–H and O–H groups in total. The molecule has 0 aliphatic carbocycles. The van der Waals surface area contributed by atoms with Crippen LogP contribution in [0.15, 0.2) is 48.5 Å². The molecule has 1 aliphatic heterocycles. The number of alkyl halides is 3. The van der Waals surface area contributed by atoms with E-state index in [1.807, 2.05) is 0 Å². The fraction of sp³-hybridized carbons (Fsp3) is 0.250. The minimum atomic E-state index is -4.60. The lowest BCUT2D eigenvalue weighted by atomic mass is 10.1. The molecule has 1 aliphatic rings. The van der Waals surface area contributed by atoms with E-state index < -0.39 is 36.1 Å². The molecule has 0 radical (unpaired) electrons. The first-order valence-corrected chi connectivity index (χ1v) is 8.94. The molecule has 0 aromatic heterocycles. The number of benzene rings is 2. The summed E-state index contributed by atoms with van der Waals surface area (Å²) in [6.07, 6.45) is -4.55. The lowest BCUT2D eigenvalue weighted by Gasteiger charge is -2.17. The Morgan fingerprint density at radius 2 is 1.80 bits per heavy atom. The summed E-state index contributed by atoms with van der Waals surface area (Å²) in [5.74, 6) is -1.78. The number of ether oxygens (including phenoxy) is 1. The minimum Gasteiger partial charge on any atom is -0.484 e. The molecule has 0 bridgehead atoms. The summed E-state index contributed by atoms with van der Waals surface area (Å²) in [5, 5.41) is 2.18. The monoisotopic (exact) mass is 421 g/mol. The Morgan fingerprint density at radius 1 is 1.13 bits per heavy atom. The van der Waals surface area contributed by atoms with E-state index in [1.165, 1.54) is 29.2 Å². The van der Waals surface area contributed by atoms with Crippen molar-refractivity contribution in [2.75, 3.05) is 23.4 Å². The van der Waals surface area contributed by atoms with Gasteiger partial charge in [-0.15, -0.1) is 0 Å². The molecular weight excluding hydrogens is 403 g/mol. The lowest BCUT2D eigenvalue weighted by molar-refractivity contribution is -0.137. The van der Waals surface area contributed by atoms with E-state index in [0.717, 1.165) is 12.1 Å². The number of para-hydroxylation sites is 1. The normalized spacial score (nSPS) is 16.4. The van der Waals surface area contributed by atoms with Crippen LogP contribution in [0.25, 0.3) is 0 Å². The number of primary amides is 1. The van der Waals surface area contributed by atoms with Crippen LogP contribution in [-0.4, -0.2) is 30.9 Å². The van der Waals surface area contributed by atoms with Crippen molar-refractivity contribution >= 4 is 29.1 Å². The average Bonchev–Trinajstić information content (AvgIpc) is 3.08. The lowest BCUT2D eigenvalue weighted by Crippen LogP contribution is -2.28. The maximum atomic E-state index is 13.0. The molecule has 1 fully saturated rings. The number of nitrogens with two attached hydrogens (primary N) is 1. The molecule has 7 nitrogen and oxygen atoms in total. The SMILES string of the molecule is NC(=O)[C@H]1CC(=O)N(c2ccc(OCC(=O)Nc3ccccc3C(F)(F)F)cc2)C1. The van der Waals surface area contributed by atoms with Crippen molar-refractivity contribution in [2.24, 2.45) is 11.7 Å². The van der Waals surface area contributed by atoms with Gasteiger partial charge in [0.25, 0.3) is 5.91 Å². The molecule has 10 heteroatoms. The van der Waals surface area contributed by atoms with Gasteiger partial charge in [-0.3, -0.25) is 14.4 Å². The van der Waals surface area contributed by atoms with Crippen LogP contribution in [0, 0.1) is 5.92 Å². The number of halogens is 3. The number of anilines is 2. The second kappa shape index (κ2) is 8.44. The van der Waals surface area contributed by atoms with Gasteiger partial charge >= 0.3 is 6.18 Å². The van der Waals surface area contributed by atoms with Gasteiger partial charge in [0, 0.05) is 18.7 Å². The van der Waals surface area contributed by atoms with Crippen LogP contribution in [0.3, 0.4) is 0 Å². The van der Waals surface area contributed by atoms with Crippen molar-refractivity contribution < 1.29 is 32.3 Å². The smallest absolute Gasteiger partial charge is 0.418 e. The van der Waals surface area contributed by atoms with Gasteiger partial charge in [-0.25, -0.2) is 0 Å². The molecule has 1 heterocycles. The van der Waals surface area contributed by atoms with Gasteiger partial charge in [0.1, 0.15) is 5.75 Å². The zero-order valence-electron chi connectivity index (χ0n) is 15.6. The Kier molecular flexibility index (Phi) is 5.95. The Balaban J connectivity index is 1.58. The number of rotatable bonds is 6. The molecular formula is C20H18F3N3O4. The van der Waals surface area contributed by atoms with Gasteiger partial charge in [-0.05, 0) is 36.4 Å². The van der Waals surface area contributed by atoms with Crippen molar-refractivity contribution in [3.8, 4) is 5.75 Å². The summed E-state index contributed by atoms with van der Waals surface area (Å²) in [5.41, 5.74) is 4.48. The van der Waals surface area contributed by atoms with Gasteiger partial charge in [-0.2, -0.15) is 13.2 Å². The zero-order valence-corrected chi connectivity index (χ0v) is 15.6. The van der Waals surface area contributed by atoms with Gasteiger partial charge in [0.15, 0.2) is 6.61 Å². The second-order valence-electron chi connectivity index (χ2n) is 6.68. The maximum absolute atomic E-state index is 13.0. The summed E-state index contributed by atoms with van der Waals surface area (Å²) < 4.78 is 44.2. The summed E-state index contributed by atoms with van der Waals surface area (Å²) in [7, 11) is 0. The Morgan fingerprint density at radius 3 is 2.40 bits per heavy atom. The third-order valence-electron chi connectivity index (χ3n) is 4.55. The van der Waals surface area contributed by atoms with Crippen molar-refractivity contribution in [3.05, 3.63) is 54.1 Å². The number of nitrogens with one attached hydrogen (secondary N) is 1. The molecule has 0 unspecified atom stereocenters. The van der Waals surface area contributed by atoms with Gasteiger partial charge in [0.2, 0.25) is 11.8 Å². The first-order chi connectivity index (χ1) is 14.1. The molecule has 2 aromatic rings. The Bertz CT molecular complexity index is 961. The topological polar surface area (TPSA) is 102 Å². The van der Waals surface area contributed by atoms with Crippen LogP contribution in [-0.2, 0) is 20.6 Å². The van der Waals surface area contributed by atoms with Gasteiger partial charge < -0.3 is 20.7 Å².